The van der Waals surface area contributed by atoms with Gasteiger partial charge in [0, 0.05) is 24.6 Å². The van der Waals surface area contributed by atoms with Crippen LogP contribution in [0.4, 0.5) is 8.78 Å². The van der Waals surface area contributed by atoms with Crippen LogP contribution in [0.5, 0.6) is 0 Å². The highest BCUT2D eigenvalue weighted by Gasteiger charge is 2.22. The summed E-state index contributed by atoms with van der Waals surface area (Å²) >= 11 is 0. The molecule has 2 heterocycles. The van der Waals surface area contributed by atoms with E-state index in [0.29, 0.717) is 17.4 Å². The Morgan fingerprint density at radius 1 is 1.26 bits per heavy atom. The monoisotopic (exact) mass is 321 g/mol. The molecule has 0 saturated carbocycles. The van der Waals surface area contributed by atoms with Gasteiger partial charge in [0.1, 0.15) is 5.82 Å². The maximum atomic E-state index is 13.8. The molecular weight excluding hydrogens is 296 g/mol. The number of nitrogens with one attached hydrogen (secondary N) is 1. The summed E-state index contributed by atoms with van der Waals surface area (Å²) in [4.78, 5) is 4.66. The number of piperidine rings is 1. The molecule has 23 heavy (non-hydrogen) atoms. The number of halogens is 2. The average Bonchev–Trinajstić information content (AvgIpc) is 2.88. The van der Waals surface area contributed by atoms with Crippen LogP contribution in [0.15, 0.2) is 12.1 Å². The van der Waals surface area contributed by atoms with Crippen molar-refractivity contribution in [2.24, 2.45) is 5.92 Å². The Bertz CT molecular complexity index is 670. The predicted molar refractivity (Wildman–Crippen MR) is 88.6 cm³/mol. The molecule has 2 aromatic rings. The lowest BCUT2D eigenvalue weighted by molar-refractivity contribution is 0.333. The van der Waals surface area contributed by atoms with Gasteiger partial charge in [0.05, 0.1) is 11.0 Å². The van der Waals surface area contributed by atoms with Crippen molar-refractivity contribution in [3.63, 3.8) is 0 Å². The second kappa shape index (κ2) is 6.95. The summed E-state index contributed by atoms with van der Waals surface area (Å²) in [5, 5.41) is 3.42. The maximum absolute atomic E-state index is 13.8. The summed E-state index contributed by atoms with van der Waals surface area (Å²) in [6.45, 7) is 7.15. The van der Waals surface area contributed by atoms with E-state index in [1.807, 2.05) is 0 Å². The molecule has 126 valence electrons. The molecule has 0 bridgehead atoms. The third-order valence-corrected chi connectivity index (χ3v) is 5.01. The zero-order valence-electron chi connectivity index (χ0n) is 13.9. The normalized spacial score (nSPS) is 18.9. The van der Waals surface area contributed by atoms with E-state index in [1.165, 1.54) is 25.0 Å². The summed E-state index contributed by atoms with van der Waals surface area (Å²) in [5.74, 6) is 0.196. The minimum absolute atomic E-state index is 0.324. The smallest absolute Gasteiger partial charge is 0.161 e. The number of rotatable bonds is 5. The van der Waals surface area contributed by atoms with Gasteiger partial charge in [-0.25, -0.2) is 13.8 Å². The van der Waals surface area contributed by atoms with E-state index >= 15 is 0 Å². The Kier molecular flexibility index (Phi) is 4.95. The molecule has 0 spiro atoms. The molecule has 3 rings (SSSR count). The van der Waals surface area contributed by atoms with Crippen LogP contribution >= 0.6 is 0 Å². The molecule has 5 heteroatoms. The number of imidazole rings is 1. The SMILES string of the molecule is CCC(CC)c1nc2cc(F)c(F)cc2n1CC1CCCNC1. The van der Waals surface area contributed by atoms with E-state index < -0.39 is 11.6 Å². The lowest BCUT2D eigenvalue weighted by atomic mass is 9.98. The molecule has 0 radical (unpaired) electrons. The second-order valence-corrected chi connectivity index (χ2v) is 6.56. The van der Waals surface area contributed by atoms with Gasteiger partial charge in [-0.1, -0.05) is 13.8 Å². The highest BCUT2D eigenvalue weighted by Crippen LogP contribution is 2.29. The number of aromatic nitrogens is 2. The van der Waals surface area contributed by atoms with Crippen LogP contribution < -0.4 is 5.32 Å². The molecule has 1 aliphatic rings. The van der Waals surface area contributed by atoms with Gasteiger partial charge in [-0.2, -0.15) is 0 Å². The Morgan fingerprint density at radius 2 is 2.00 bits per heavy atom. The van der Waals surface area contributed by atoms with Crippen LogP contribution in [0.3, 0.4) is 0 Å². The van der Waals surface area contributed by atoms with Gasteiger partial charge >= 0.3 is 0 Å². The zero-order valence-corrected chi connectivity index (χ0v) is 13.9. The quantitative estimate of drug-likeness (QED) is 0.893. The molecule has 1 aromatic carbocycles. The van der Waals surface area contributed by atoms with Crippen molar-refractivity contribution >= 4 is 11.0 Å². The predicted octanol–water partition coefficient (Wildman–Crippen LogP) is 4.22. The zero-order chi connectivity index (χ0) is 16.4. The van der Waals surface area contributed by atoms with Crippen LogP contribution in [-0.2, 0) is 6.54 Å². The van der Waals surface area contributed by atoms with Crippen molar-refractivity contribution in [1.82, 2.24) is 14.9 Å². The first-order valence-corrected chi connectivity index (χ1v) is 8.69. The lowest BCUT2D eigenvalue weighted by Crippen LogP contribution is -2.32. The highest BCUT2D eigenvalue weighted by molar-refractivity contribution is 5.76. The van der Waals surface area contributed by atoms with E-state index in [1.54, 1.807) is 0 Å². The third kappa shape index (κ3) is 3.25. The van der Waals surface area contributed by atoms with Gasteiger partial charge in [0.25, 0.3) is 0 Å². The molecule has 3 nitrogen and oxygen atoms in total. The summed E-state index contributed by atoms with van der Waals surface area (Å²) in [6, 6.07) is 2.53. The number of hydrogen-bond donors (Lipinski definition) is 1. The molecular formula is C18H25F2N3. The topological polar surface area (TPSA) is 29.9 Å². The van der Waals surface area contributed by atoms with E-state index in [9.17, 15) is 8.78 Å². The van der Waals surface area contributed by atoms with E-state index in [-0.39, 0.29) is 0 Å². The minimum Gasteiger partial charge on any atom is -0.327 e. The fourth-order valence-corrected chi connectivity index (χ4v) is 3.63. The van der Waals surface area contributed by atoms with Gasteiger partial charge < -0.3 is 9.88 Å². The number of benzene rings is 1. The Morgan fingerprint density at radius 3 is 2.65 bits per heavy atom. The molecule has 0 aliphatic carbocycles. The van der Waals surface area contributed by atoms with Crippen LogP contribution in [0.25, 0.3) is 11.0 Å². The van der Waals surface area contributed by atoms with Gasteiger partial charge in [-0.05, 0) is 44.7 Å². The lowest BCUT2D eigenvalue weighted by Gasteiger charge is -2.25. The van der Waals surface area contributed by atoms with Crippen molar-refractivity contribution in [2.75, 3.05) is 13.1 Å². The van der Waals surface area contributed by atoms with Crippen LogP contribution in [0, 0.1) is 17.6 Å². The molecule has 1 aromatic heterocycles. The summed E-state index contributed by atoms with van der Waals surface area (Å²) < 4.78 is 29.5. The number of hydrogen-bond acceptors (Lipinski definition) is 2. The fraction of sp³-hybridized carbons (Fsp3) is 0.611. The maximum Gasteiger partial charge on any atom is 0.161 e. The Hall–Kier alpha value is -1.49. The van der Waals surface area contributed by atoms with Gasteiger partial charge in [0.15, 0.2) is 11.6 Å². The van der Waals surface area contributed by atoms with Crippen molar-refractivity contribution in [2.45, 2.75) is 52.0 Å². The molecule has 1 saturated heterocycles. The van der Waals surface area contributed by atoms with Gasteiger partial charge in [0.2, 0.25) is 0 Å². The highest BCUT2D eigenvalue weighted by atomic mass is 19.2. The average molecular weight is 321 g/mol. The minimum atomic E-state index is -0.822. The molecule has 1 N–H and O–H groups in total. The molecule has 1 fully saturated rings. The third-order valence-electron chi connectivity index (χ3n) is 5.01. The van der Waals surface area contributed by atoms with Crippen molar-refractivity contribution < 1.29 is 8.78 Å². The summed E-state index contributed by atoms with van der Waals surface area (Å²) in [5.41, 5.74) is 1.28. The second-order valence-electron chi connectivity index (χ2n) is 6.56. The molecule has 1 aliphatic heterocycles. The first kappa shape index (κ1) is 16.4. The molecule has 1 atom stereocenters. The largest absolute Gasteiger partial charge is 0.327 e. The standard InChI is InChI=1S/C18H25F2N3/c1-3-13(4-2)18-22-16-8-14(19)15(20)9-17(16)23(18)11-12-6-5-7-21-10-12/h8-9,12-13,21H,3-7,10-11H2,1-2H3. The Balaban J connectivity index is 2.06. The van der Waals surface area contributed by atoms with Crippen molar-refractivity contribution in [3.05, 3.63) is 29.6 Å². The van der Waals surface area contributed by atoms with E-state index in [4.69, 9.17) is 0 Å². The van der Waals surface area contributed by atoms with Crippen molar-refractivity contribution in [1.29, 1.82) is 0 Å². The van der Waals surface area contributed by atoms with Crippen LogP contribution in [0.2, 0.25) is 0 Å². The number of nitrogens with zero attached hydrogens (tertiary/aromatic N) is 2. The molecule has 1 unspecified atom stereocenters. The van der Waals surface area contributed by atoms with E-state index in [2.05, 4.69) is 28.7 Å². The van der Waals surface area contributed by atoms with Crippen LogP contribution in [0.1, 0.15) is 51.3 Å². The fourth-order valence-electron chi connectivity index (χ4n) is 3.63. The summed E-state index contributed by atoms with van der Waals surface area (Å²) in [7, 11) is 0. The van der Waals surface area contributed by atoms with Crippen molar-refractivity contribution in [3.8, 4) is 0 Å². The first-order chi connectivity index (χ1) is 11.1. The van der Waals surface area contributed by atoms with Gasteiger partial charge in [-0.3, -0.25) is 0 Å². The summed E-state index contributed by atoms with van der Waals surface area (Å²) in [6.07, 6.45) is 4.29. The molecule has 0 amide bonds. The first-order valence-electron chi connectivity index (χ1n) is 8.69. The van der Waals surface area contributed by atoms with E-state index in [0.717, 1.165) is 43.8 Å². The van der Waals surface area contributed by atoms with Crippen LogP contribution in [-0.4, -0.2) is 22.6 Å². The number of fused-ring (bicyclic) bond motifs is 1. The Labute approximate surface area is 136 Å². The van der Waals surface area contributed by atoms with Gasteiger partial charge in [-0.15, -0.1) is 0 Å².